The van der Waals surface area contributed by atoms with Gasteiger partial charge >= 0.3 is 11.0 Å². The van der Waals surface area contributed by atoms with E-state index in [-0.39, 0.29) is 21.5 Å². The maximum atomic E-state index is 13.0. The molecule has 0 saturated heterocycles. The van der Waals surface area contributed by atoms with Crippen LogP contribution in [0.2, 0.25) is 0 Å². The second kappa shape index (κ2) is 6.80. The summed E-state index contributed by atoms with van der Waals surface area (Å²) in [6, 6.07) is 8.26. The van der Waals surface area contributed by atoms with Crippen LogP contribution in [0.4, 0.5) is 18.9 Å². The molecule has 0 unspecified atom stereocenters. The second-order valence-corrected chi connectivity index (χ2v) is 6.36. The van der Waals surface area contributed by atoms with E-state index in [1.54, 1.807) is 0 Å². The molecular formula is C17H9F3N2O4S. The lowest BCUT2D eigenvalue weighted by atomic mass is 10.1. The Morgan fingerprint density at radius 1 is 1.19 bits per heavy atom. The largest absolute Gasteiger partial charge is 0.416 e. The van der Waals surface area contributed by atoms with Crippen molar-refractivity contribution in [3.8, 4) is 0 Å². The highest BCUT2D eigenvalue weighted by atomic mass is 32.1. The van der Waals surface area contributed by atoms with Gasteiger partial charge in [0.05, 0.1) is 20.7 Å². The first-order valence-corrected chi connectivity index (χ1v) is 8.19. The van der Waals surface area contributed by atoms with Gasteiger partial charge in [0.1, 0.15) is 0 Å². The fourth-order valence-corrected chi connectivity index (χ4v) is 3.38. The Bertz CT molecular complexity index is 1150. The smallest absolute Gasteiger partial charge is 0.269 e. The maximum Gasteiger partial charge on any atom is 0.416 e. The molecular weight excluding hydrogens is 385 g/mol. The number of benzene rings is 2. The van der Waals surface area contributed by atoms with E-state index in [0.717, 1.165) is 34.9 Å². The summed E-state index contributed by atoms with van der Waals surface area (Å²) < 4.78 is 40.0. The monoisotopic (exact) mass is 394 g/mol. The Hall–Kier alpha value is -3.27. The van der Waals surface area contributed by atoms with E-state index in [1.165, 1.54) is 24.3 Å². The number of non-ortho nitro benzene ring substituents is 1. The average molecular weight is 394 g/mol. The van der Waals surface area contributed by atoms with Crippen molar-refractivity contribution in [2.75, 3.05) is 0 Å². The summed E-state index contributed by atoms with van der Waals surface area (Å²) in [5.74, 6) is -0.850. The van der Waals surface area contributed by atoms with E-state index >= 15 is 0 Å². The van der Waals surface area contributed by atoms with Gasteiger partial charge in [-0.05, 0) is 23.8 Å². The van der Waals surface area contributed by atoms with Gasteiger partial charge in [-0.2, -0.15) is 13.2 Å². The maximum absolute atomic E-state index is 13.0. The number of thiazole rings is 1. The third-order valence-corrected chi connectivity index (χ3v) is 4.57. The Morgan fingerprint density at radius 2 is 1.89 bits per heavy atom. The van der Waals surface area contributed by atoms with Gasteiger partial charge in [-0.1, -0.05) is 29.5 Å². The summed E-state index contributed by atoms with van der Waals surface area (Å²) in [7, 11) is 0. The molecule has 0 radical (unpaired) electrons. The first-order chi connectivity index (χ1) is 12.7. The highest BCUT2D eigenvalue weighted by Gasteiger charge is 2.32. The van der Waals surface area contributed by atoms with Crippen molar-refractivity contribution in [3.63, 3.8) is 0 Å². The Kier molecular flexibility index (Phi) is 4.66. The zero-order valence-corrected chi connectivity index (χ0v) is 14.1. The van der Waals surface area contributed by atoms with E-state index in [2.05, 4.69) is 0 Å². The van der Waals surface area contributed by atoms with Crippen LogP contribution in [0.3, 0.4) is 0 Å². The molecule has 10 heteroatoms. The van der Waals surface area contributed by atoms with Crippen LogP contribution in [0.15, 0.2) is 53.3 Å². The molecule has 0 bridgehead atoms. The molecule has 0 fully saturated rings. The van der Waals surface area contributed by atoms with E-state index < -0.39 is 27.4 Å². The van der Waals surface area contributed by atoms with Crippen LogP contribution in [-0.4, -0.2) is 15.4 Å². The minimum atomic E-state index is -4.59. The van der Waals surface area contributed by atoms with Gasteiger partial charge < -0.3 is 0 Å². The number of hydrogen-bond acceptors (Lipinski definition) is 5. The third-order valence-electron chi connectivity index (χ3n) is 3.67. The Balaban J connectivity index is 2.01. The number of alkyl halides is 3. The zero-order valence-electron chi connectivity index (χ0n) is 13.3. The number of fused-ring (bicyclic) bond motifs is 1. The van der Waals surface area contributed by atoms with E-state index in [0.29, 0.717) is 11.3 Å². The number of nitro benzene ring substituents is 1. The van der Waals surface area contributed by atoms with Crippen molar-refractivity contribution in [2.24, 2.45) is 0 Å². The number of nitrogens with zero attached hydrogens (tertiary/aromatic N) is 2. The lowest BCUT2D eigenvalue weighted by Crippen LogP contribution is -2.19. The summed E-state index contributed by atoms with van der Waals surface area (Å²) in [6.07, 6.45) is -2.75. The lowest BCUT2D eigenvalue weighted by molar-refractivity contribution is -0.384. The molecule has 0 aliphatic rings. The standard InChI is InChI=1S/C17H9F3N2O4S/c18-17(19,20)12-4-2-1-3-10(12)5-8-15(23)21-13-7-6-11(22(25)26)9-14(13)27-16(21)24/h1-9H/b8-5+. The first-order valence-electron chi connectivity index (χ1n) is 7.37. The number of carbonyl (C=O) groups is 1. The van der Waals surface area contributed by atoms with Crippen LogP contribution >= 0.6 is 11.3 Å². The number of hydrogen-bond donors (Lipinski definition) is 0. The van der Waals surface area contributed by atoms with Crippen LogP contribution in [0.25, 0.3) is 16.3 Å². The molecule has 0 aliphatic heterocycles. The van der Waals surface area contributed by atoms with Crippen LogP contribution in [-0.2, 0) is 6.18 Å². The van der Waals surface area contributed by atoms with E-state index in [4.69, 9.17) is 0 Å². The number of rotatable bonds is 3. The molecule has 0 amide bonds. The zero-order chi connectivity index (χ0) is 19.8. The van der Waals surface area contributed by atoms with Gasteiger partial charge in [-0.3, -0.25) is 19.7 Å². The molecule has 3 aromatic rings. The van der Waals surface area contributed by atoms with Crippen molar-refractivity contribution < 1.29 is 22.9 Å². The van der Waals surface area contributed by atoms with Gasteiger partial charge in [0, 0.05) is 18.2 Å². The quantitative estimate of drug-likeness (QED) is 0.376. The first kappa shape index (κ1) is 18.5. The Morgan fingerprint density at radius 3 is 2.56 bits per heavy atom. The van der Waals surface area contributed by atoms with Crippen molar-refractivity contribution in [1.29, 1.82) is 0 Å². The Labute approximate surface area is 152 Å². The second-order valence-electron chi connectivity index (χ2n) is 5.37. The van der Waals surface area contributed by atoms with Gasteiger partial charge in [0.15, 0.2) is 0 Å². The molecule has 138 valence electrons. The van der Waals surface area contributed by atoms with Crippen molar-refractivity contribution in [2.45, 2.75) is 6.18 Å². The normalized spacial score (nSPS) is 12.0. The summed E-state index contributed by atoms with van der Waals surface area (Å²) >= 11 is 0.636. The molecule has 0 N–H and O–H groups in total. The SMILES string of the molecule is O=C(/C=C/c1ccccc1C(F)(F)F)n1c(=O)sc2cc([N+](=O)[O-])ccc21. The predicted octanol–water partition coefficient (Wildman–Crippen LogP) is 4.34. The average Bonchev–Trinajstić information content (AvgIpc) is 2.94. The molecule has 27 heavy (non-hydrogen) atoms. The molecule has 0 atom stereocenters. The van der Waals surface area contributed by atoms with Crippen molar-refractivity contribution in [3.05, 3.63) is 79.4 Å². The highest BCUT2D eigenvalue weighted by Crippen LogP contribution is 2.32. The third kappa shape index (κ3) is 3.65. The summed E-state index contributed by atoms with van der Waals surface area (Å²) in [5.41, 5.74) is -1.22. The number of halogens is 3. The topological polar surface area (TPSA) is 82.2 Å². The van der Waals surface area contributed by atoms with Crippen LogP contribution < -0.4 is 4.87 Å². The number of allylic oxidation sites excluding steroid dienone is 1. The molecule has 1 heterocycles. The molecule has 0 aliphatic carbocycles. The summed E-state index contributed by atoms with van der Waals surface area (Å²) in [6.45, 7) is 0. The van der Waals surface area contributed by atoms with Crippen molar-refractivity contribution in [1.82, 2.24) is 4.57 Å². The van der Waals surface area contributed by atoms with Crippen LogP contribution in [0.5, 0.6) is 0 Å². The lowest BCUT2D eigenvalue weighted by Gasteiger charge is -2.09. The fourth-order valence-electron chi connectivity index (χ4n) is 2.47. The van der Waals surface area contributed by atoms with Gasteiger partial charge in [0.25, 0.3) is 11.6 Å². The molecule has 6 nitrogen and oxygen atoms in total. The number of carbonyl (C=O) groups excluding carboxylic acids is 1. The van der Waals surface area contributed by atoms with Gasteiger partial charge in [-0.15, -0.1) is 0 Å². The van der Waals surface area contributed by atoms with E-state index in [1.807, 2.05) is 0 Å². The molecule has 1 aromatic heterocycles. The number of nitro groups is 1. The molecule has 3 rings (SSSR count). The van der Waals surface area contributed by atoms with Gasteiger partial charge in [0.2, 0.25) is 0 Å². The summed E-state index contributed by atoms with van der Waals surface area (Å²) in [5, 5.41) is 10.8. The van der Waals surface area contributed by atoms with Crippen LogP contribution in [0, 0.1) is 10.1 Å². The number of aromatic nitrogens is 1. The van der Waals surface area contributed by atoms with Crippen molar-refractivity contribution >= 4 is 39.2 Å². The molecule has 0 spiro atoms. The summed E-state index contributed by atoms with van der Waals surface area (Å²) in [4.78, 5) is 33.9. The fraction of sp³-hybridized carbons (Fsp3) is 0.0588. The van der Waals surface area contributed by atoms with E-state index in [9.17, 15) is 32.9 Å². The van der Waals surface area contributed by atoms with Gasteiger partial charge in [-0.25, -0.2) is 4.57 Å². The van der Waals surface area contributed by atoms with Crippen LogP contribution in [0.1, 0.15) is 15.9 Å². The minimum absolute atomic E-state index is 0.148. The molecule has 0 saturated carbocycles. The predicted molar refractivity (Wildman–Crippen MR) is 93.8 cm³/mol. The minimum Gasteiger partial charge on any atom is -0.269 e. The molecule has 2 aromatic carbocycles. The highest BCUT2D eigenvalue weighted by molar-refractivity contribution is 7.16.